The number of nitrogens with one attached hydrogen (secondary N) is 11. The van der Waals surface area contributed by atoms with E-state index in [1.807, 2.05) is 0 Å². The predicted molar refractivity (Wildman–Crippen MR) is 344 cm³/mol. The second kappa shape index (κ2) is 42.5. The normalized spacial score (nSPS) is 16.7. The maximum absolute atomic E-state index is 14.5. The van der Waals surface area contributed by atoms with E-state index in [0.717, 1.165) is 11.8 Å². The summed E-state index contributed by atoms with van der Waals surface area (Å²) in [5.74, 6) is -19.0. The van der Waals surface area contributed by atoms with Crippen molar-refractivity contribution < 1.29 is 102 Å². The van der Waals surface area contributed by atoms with E-state index < -0.39 is 224 Å². The molecule has 0 aromatic heterocycles. The summed E-state index contributed by atoms with van der Waals surface area (Å²) in [5.41, 5.74) is 11.4. The lowest BCUT2D eigenvalue weighted by Crippen LogP contribution is -2.62. The fraction of sp³-hybridized carbons (Fsp3) is 0.724. The molecule has 0 aromatic carbocycles. The number of aliphatic hydroxyl groups excluding tert-OH is 2. The Labute approximate surface area is 559 Å². The highest BCUT2D eigenvalue weighted by molar-refractivity contribution is 7.98. The van der Waals surface area contributed by atoms with E-state index in [0.29, 0.717) is 5.75 Å². The van der Waals surface area contributed by atoms with Gasteiger partial charge in [0, 0.05) is 13.0 Å². The second-order valence-electron chi connectivity index (χ2n) is 24.3. The number of nitrogens with two attached hydrogens (primary N) is 2. The fourth-order valence-electron chi connectivity index (χ4n) is 9.38. The summed E-state index contributed by atoms with van der Waals surface area (Å²) >= 11 is 2.58. The van der Waals surface area contributed by atoms with Crippen molar-refractivity contribution in [2.24, 2.45) is 35.1 Å². The Morgan fingerprint density at radius 3 is 1.46 bits per heavy atom. The van der Waals surface area contributed by atoms with Gasteiger partial charge in [0.1, 0.15) is 66.5 Å². The number of likely N-dealkylation sites (tertiary alicyclic amines) is 1. The minimum atomic E-state index is -2.00. The molecule has 0 aliphatic carbocycles. The van der Waals surface area contributed by atoms with E-state index in [2.05, 4.69) is 58.5 Å². The number of primary amides is 1. The van der Waals surface area contributed by atoms with Gasteiger partial charge in [0.2, 0.25) is 76.8 Å². The summed E-state index contributed by atoms with van der Waals surface area (Å²) in [5, 5.41) is 75.6. The zero-order valence-corrected chi connectivity index (χ0v) is 57.0. The highest BCUT2D eigenvalue weighted by Gasteiger charge is 2.42. The Hall–Kier alpha value is -7.90. The molecule has 538 valence electrons. The number of amides is 13. The Morgan fingerprint density at radius 1 is 0.505 bits per heavy atom. The van der Waals surface area contributed by atoms with Crippen molar-refractivity contribution in [1.82, 2.24) is 63.4 Å². The molecule has 0 aromatic rings. The van der Waals surface area contributed by atoms with Crippen molar-refractivity contribution >= 4 is 118 Å². The smallest absolute Gasteiger partial charge is 0.326 e. The van der Waals surface area contributed by atoms with E-state index in [1.165, 1.54) is 23.5 Å². The SMILES string of the molecule is CSCC[C@H](NC(=O)[C@@H](NC(=O)CNC(=O)[C@H](CCC(=O)O)NC(=O)[C@H](CC(=O)O)NC(=O)[C@@H]1CCCN1C(=O)[C@H](CCSC)NC(=O)[C@H](CC(N)=O)NC(=O)[C@@H](NC(=O)[C@H](CC(C)C)NC(=O)[C@H](CO)NC(=O)[C@@H](N)C(C)C)[C@@H](C)O)C(C)C)C(=O)N[C@H](C(=O)O)C(C)C. The summed E-state index contributed by atoms with van der Waals surface area (Å²) in [6.45, 7) is 12.2. The summed E-state index contributed by atoms with van der Waals surface area (Å²) < 4.78 is 0. The van der Waals surface area contributed by atoms with Gasteiger partial charge in [0.15, 0.2) is 0 Å². The Balaban J connectivity index is 3.42. The van der Waals surface area contributed by atoms with Crippen LogP contribution in [0, 0.1) is 23.7 Å². The zero-order chi connectivity index (χ0) is 72.7. The van der Waals surface area contributed by atoms with Gasteiger partial charge in [-0.3, -0.25) is 71.9 Å². The number of rotatable bonds is 44. The molecule has 1 rings (SSSR count). The van der Waals surface area contributed by atoms with E-state index in [1.54, 1.807) is 67.9 Å². The molecule has 37 heteroatoms. The number of carbonyl (C=O) groups is 16. The van der Waals surface area contributed by atoms with Crippen molar-refractivity contribution in [3.05, 3.63) is 0 Å². The number of carboxylic acids is 3. The molecule has 35 nitrogen and oxygen atoms in total. The molecular formula is C58H98N14O21S2. The maximum Gasteiger partial charge on any atom is 0.326 e. The molecule has 13 atom stereocenters. The van der Waals surface area contributed by atoms with Crippen LogP contribution >= 0.6 is 23.5 Å². The molecule has 20 N–H and O–H groups in total. The first-order valence-corrected chi connectivity index (χ1v) is 33.7. The minimum absolute atomic E-state index is 0.0687. The van der Waals surface area contributed by atoms with Crippen LogP contribution in [0.25, 0.3) is 0 Å². The van der Waals surface area contributed by atoms with Crippen LogP contribution in [0.3, 0.4) is 0 Å². The number of aliphatic carboxylic acids is 3. The van der Waals surface area contributed by atoms with Gasteiger partial charge in [-0.2, -0.15) is 23.5 Å². The van der Waals surface area contributed by atoms with Gasteiger partial charge < -0.3 is 100 Å². The molecule has 0 spiro atoms. The van der Waals surface area contributed by atoms with Crippen molar-refractivity contribution in [3.63, 3.8) is 0 Å². The first kappa shape index (κ1) is 85.1. The summed E-state index contributed by atoms with van der Waals surface area (Å²) in [7, 11) is 0. The van der Waals surface area contributed by atoms with Crippen LogP contribution in [0.5, 0.6) is 0 Å². The summed E-state index contributed by atoms with van der Waals surface area (Å²) in [6, 6.07) is -18.4. The Morgan fingerprint density at radius 2 is 0.968 bits per heavy atom. The molecule has 0 bridgehead atoms. The molecule has 0 radical (unpaired) electrons. The van der Waals surface area contributed by atoms with Gasteiger partial charge in [0.05, 0.1) is 38.1 Å². The minimum Gasteiger partial charge on any atom is -0.481 e. The lowest BCUT2D eigenvalue weighted by molar-refractivity contribution is -0.144. The van der Waals surface area contributed by atoms with Crippen molar-refractivity contribution in [1.29, 1.82) is 0 Å². The van der Waals surface area contributed by atoms with E-state index in [4.69, 9.17) is 11.5 Å². The van der Waals surface area contributed by atoms with Gasteiger partial charge in [-0.25, -0.2) is 4.79 Å². The van der Waals surface area contributed by atoms with E-state index in [9.17, 15) is 102 Å². The van der Waals surface area contributed by atoms with Crippen LogP contribution in [0.15, 0.2) is 0 Å². The molecule has 13 amide bonds. The zero-order valence-electron chi connectivity index (χ0n) is 55.4. The third kappa shape index (κ3) is 30.2. The molecule has 1 aliphatic heterocycles. The monoisotopic (exact) mass is 1390 g/mol. The number of carbonyl (C=O) groups excluding carboxylic acids is 13. The van der Waals surface area contributed by atoms with Crippen LogP contribution in [-0.2, 0) is 76.7 Å². The lowest BCUT2D eigenvalue weighted by atomic mass is 10.0. The van der Waals surface area contributed by atoms with Gasteiger partial charge >= 0.3 is 17.9 Å². The molecule has 1 heterocycles. The lowest BCUT2D eigenvalue weighted by Gasteiger charge is -2.31. The number of aliphatic hydroxyl groups is 2. The molecule has 95 heavy (non-hydrogen) atoms. The molecule has 1 fully saturated rings. The molecule has 0 unspecified atom stereocenters. The van der Waals surface area contributed by atoms with Crippen LogP contribution < -0.4 is 70.0 Å². The third-order valence-corrected chi connectivity index (χ3v) is 16.1. The first-order chi connectivity index (χ1) is 44.3. The average molecular weight is 1390 g/mol. The highest BCUT2D eigenvalue weighted by atomic mass is 32.2. The van der Waals surface area contributed by atoms with Gasteiger partial charge in [-0.1, -0.05) is 55.4 Å². The van der Waals surface area contributed by atoms with Crippen molar-refractivity contribution in [2.45, 2.75) is 199 Å². The Bertz CT molecular complexity index is 2710. The van der Waals surface area contributed by atoms with Crippen LogP contribution in [0.1, 0.15) is 120 Å². The summed E-state index contributed by atoms with van der Waals surface area (Å²) in [4.78, 5) is 213. The standard InChI is InChI=1S/C58H98N14O21S2/c1-26(2)21-34(65-52(86)37(25-73)68-54(88)43(60)27(3)4)51(85)71-46(30(9)74)56(90)67-35(22-39(59)75)49(83)64-33(17-20-95-11)57(91)72-18-12-13-38(72)53(87)66-36(23-42(79)80)50(84)62-31(14-15-41(77)78)47(81)61-24-40(76)69-44(28(5)6)55(89)63-32(16-19-94-10)48(82)70-45(29(7)8)58(92)93/h26-38,43-46,73-74H,12-25,60H2,1-11H3,(H2,59,75)(H,61,81)(H,62,84)(H,63,89)(H,64,83)(H,65,86)(H,66,87)(H,67,90)(H,68,88)(H,69,76)(H,70,82)(H,71,85)(H,77,78)(H,79,80)(H,92,93)/t30-,31+,32+,33+,34+,35+,36+,37+,38+,43+,44+,45+,46+/m1/s1. The number of thioether (sulfide) groups is 2. The van der Waals surface area contributed by atoms with E-state index in [-0.39, 0.29) is 56.2 Å². The van der Waals surface area contributed by atoms with Crippen molar-refractivity contribution in [2.75, 3.05) is 43.7 Å². The maximum atomic E-state index is 14.5. The third-order valence-electron chi connectivity index (χ3n) is 14.8. The quantitative estimate of drug-likeness (QED) is 0.0271. The van der Waals surface area contributed by atoms with Crippen molar-refractivity contribution in [3.8, 4) is 0 Å². The molecule has 0 saturated carbocycles. The van der Waals surface area contributed by atoms with Crippen LogP contribution in [0.4, 0.5) is 0 Å². The number of hydrogen-bond donors (Lipinski definition) is 18. The Kier molecular flexibility index (Phi) is 38.1. The average Bonchev–Trinajstić information content (AvgIpc) is 1.78. The van der Waals surface area contributed by atoms with Gasteiger partial charge in [-0.05, 0) is 93.1 Å². The highest BCUT2D eigenvalue weighted by Crippen LogP contribution is 2.21. The summed E-state index contributed by atoms with van der Waals surface area (Å²) in [6.07, 6.45) is -1.78. The molecular weight excluding hydrogens is 1290 g/mol. The van der Waals surface area contributed by atoms with Crippen LogP contribution in [-0.4, -0.2) is 247 Å². The fourth-order valence-corrected chi connectivity index (χ4v) is 10.3. The first-order valence-electron chi connectivity index (χ1n) is 30.9. The number of nitrogens with zero attached hydrogens (tertiary/aromatic N) is 1. The van der Waals surface area contributed by atoms with E-state index >= 15 is 0 Å². The largest absolute Gasteiger partial charge is 0.481 e. The van der Waals surface area contributed by atoms with Crippen LogP contribution in [0.2, 0.25) is 0 Å². The predicted octanol–water partition coefficient (Wildman–Crippen LogP) is -5.54. The number of hydrogen-bond acceptors (Lipinski definition) is 21. The topological polar surface area (TPSA) is 562 Å². The molecule has 1 aliphatic rings. The van der Waals surface area contributed by atoms with Gasteiger partial charge in [0.25, 0.3) is 0 Å². The number of carboxylic acid groups (broad SMARTS) is 3. The molecule has 1 saturated heterocycles. The second-order valence-corrected chi connectivity index (χ2v) is 26.2. The van der Waals surface area contributed by atoms with Gasteiger partial charge in [-0.15, -0.1) is 0 Å².